The molecule has 1 heterocycles. The average Bonchev–Trinajstić information content (AvgIpc) is 2.78. The molecule has 96 valence electrons. The second-order valence-corrected chi connectivity index (χ2v) is 5.10. The van der Waals surface area contributed by atoms with Gasteiger partial charge in [0.05, 0.1) is 12.0 Å². The van der Waals surface area contributed by atoms with Crippen LogP contribution in [-0.4, -0.2) is 30.3 Å². The Morgan fingerprint density at radius 1 is 1.65 bits per heavy atom. The third kappa shape index (κ3) is 3.71. The van der Waals surface area contributed by atoms with Crippen LogP contribution in [-0.2, 0) is 0 Å². The first kappa shape index (κ1) is 14.0. The Morgan fingerprint density at radius 2 is 2.35 bits per heavy atom. The summed E-state index contributed by atoms with van der Waals surface area (Å²) in [6.45, 7) is 4.00. The van der Waals surface area contributed by atoms with E-state index >= 15 is 0 Å². The number of ether oxygens (including phenoxy) is 1. The maximum Gasteiger partial charge on any atom is 0.261 e. The normalized spacial score (nSPS) is 14.1. The summed E-state index contributed by atoms with van der Waals surface area (Å²) in [6.07, 6.45) is 1.33. The number of thiophene rings is 1. The SMILES string of the molecule is CCC(C)(CCO)NC(=O)c1cc(OC)cs1. The van der Waals surface area contributed by atoms with Crippen molar-refractivity contribution in [3.63, 3.8) is 0 Å². The zero-order valence-electron chi connectivity index (χ0n) is 10.4. The smallest absolute Gasteiger partial charge is 0.261 e. The minimum Gasteiger partial charge on any atom is -0.496 e. The lowest BCUT2D eigenvalue weighted by Gasteiger charge is -2.28. The highest BCUT2D eigenvalue weighted by molar-refractivity contribution is 7.12. The van der Waals surface area contributed by atoms with E-state index in [9.17, 15) is 4.79 Å². The molecule has 1 amide bonds. The van der Waals surface area contributed by atoms with Crippen molar-refractivity contribution in [2.45, 2.75) is 32.2 Å². The molecule has 0 fully saturated rings. The molecule has 0 aliphatic rings. The summed E-state index contributed by atoms with van der Waals surface area (Å²) in [5.41, 5.74) is -0.358. The van der Waals surface area contributed by atoms with Crippen LogP contribution in [0.5, 0.6) is 5.75 Å². The molecule has 0 aromatic carbocycles. The fourth-order valence-corrected chi connectivity index (χ4v) is 2.20. The van der Waals surface area contributed by atoms with Gasteiger partial charge in [-0.3, -0.25) is 4.79 Å². The lowest BCUT2D eigenvalue weighted by atomic mass is 9.95. The lowest BCUT2D eigenvalue weighted by Crippen LogP contribution is -2.45. The molecule has 1 unspecified atom stereocenters. The number of hydrogen-bond acceptors (Lipinski definition) is 4. The maximum absolute atomic E-state index is 12.0. The Kier molecular flexibility index (Phi) is 4.96. The predicted octanol–water partition coefficient (Wildman–Crippen LogP) is 2.04. The van der Waals surface area contributed by atoms with Gasteiger partial charge in [0, 0.05) is 23.6 Å². The summed E-state index contributed by atoms with van der Waals surface area (Å²) < 4.78 is 5.04. The predicted molar refractivity (Wildman–Crippen MR) is 68.7 cm³/mol. The van der Waals surface area contributed by atoms with Gasteiger partial charge in [0.25, 0.3) is 5.91 Å². The van der Waals surface area contributed by atoms with Gasteiger partial charge in [0.1, 0.15) is 5.75 Å². The Bertz CT molecular complexity index is 378. The molecule has 0 saturated heterocycles. The Balaban J connectivity index is 2.70. The third-order valence-electron chi connectivity index (χ3n) is 2.89. The van der Waals surface area contributed by atoms with E-state index in [2.05, 4.69) is 5.32 Å². The van der Waals surface area contributed by atoms with Gasteiger partial charge in [0.2, 0.25) is 0 Å². The molecule has 2 N–H and O–H groups in total. The monoisotopic (exact) mass is 257 g/mol. The number of amides is 1. The molecule has 0 aliphatic heterocycles. The Hall–Kier alpha value is -1.07. The number of carbonyl (C=O) groups excluding carboxylic acids is 1. The van der Waals surface area contributed by atoms with Crippen molar-refractivity contribution in [3.8, 4) is 5.75 Å². The molecule has 0 spiro atoms. The van der Waals surface area contributed by atoms with E-state index < -0.39 is 0 Å². The zero-order chi connectivity index (χ0) is 12.9. The van der Waals surface area contributed by atoms with Crippen LogP contribution < -0.4 is 10.1 Å². The van der Waals surface area contributed by atoms with Gasteiger partial charge in [-0.05, 0) is 19.8 Å². The number of nitrogens with one attached hydrogen (secondary N) is 1. The Labute approximate surface area is 106 Å². The van der Waals surface area contributed by atoms with Crippen LogP contribution in [0.4, 0.5) is 0 Å². The van der Waals surface area contributed by atoms with Crippen LogP contribution in [0, 0.1) is 0 Å². The van der Waals surface area contributed by atoms with Crippen LogP contribution in [0.15, 0.2) is 11.4 Å². The van der Waals surface area contributed by atoms with Crippen molar-refractivity contribution in [3.05, 3.63) is 16.3 Å². The first-order valence-corrected chi connectivity index (χ1v) is 6.48. The van der Waals surface area contributed by atoms with Crippen molar-refractivity contribution in [2.24, 2.45) is 0 Å². The number of methoxy groups -OCH3 is 1. The molecule has 4 nitrogen and oxygen atoms in total. The fourth-order valence-electron chi connectivity index (χ4n) is 1.46. The first-order valence-electron chi connectivity index (χ1n) is 5.60. The molecule has 0 radical (unpaired) electrons. The van der Waals surface area contributed by atoms with Gasteiger partial charge < -0.3 is 15.2 Å². The van der Waals surface area contributed by atoms with E-state index in [1.54, 1.807) is 18.6 Å². The first-order chi connectivity index (χ1) is 8.04. The molecule has 1 aromatic heterocycles. The topological polar surface area (TPSA) is 58.6 Å². The molecule has 0 bridgehead atoms. The molecule has 0 aliphatic carbocycles. The molecule has 5 heteroatoms. The fraction of sp³-hybridized carbons (Fsp3) is 0.583. The van der Waals surface area contributed by atoms with E-state index in [1.807, 2.05) is 13.8 Å². The van der Waals surface area contributed by atoms with Crippen molar-refractivity contribution in [1.82, 2.24) is 5.32 Å². The molecule has 1 rings (SSSR count). The molecular formula is C12H19NO3S. The summed E-state index contributed by atoms with van der Waals surface area (Å²) >= 11 is 1.35. The quantitative estimate of drug-likeness (QED) is 0.820. The maximum atomic E-state index is 12.0. The van der Waals surface area contributed by atoms with Crippen LogP contribution in [0.1, 0.15) is 36.4 Å². The molecular weight excluding hydrogens is 238 g/mol. The molecule has 1 atom stereocenters. The summed E-state index contributed by atoms with van der Waals surface area (Å²) in [7, 11) is 1.58. The zero-order valence-corrected chi connectivity index (χ0v) is 11.3. The van der Waals surface area contributed by atoms with E-state index in [-0.39, 0.29) is 18.1 Å². The van der Waals surface area contributed by atoms with Crippen LogP contribution in [0.25, 0.3) is 0 Å². The highest BCUT2D eigenvalue weighted by atomic mass is 32.1. The van der Waals surface area contributed by atoms with E-state index in [4.69, 9.17) is 9.84 Å². The summed E-state index contributed by atoms with van der Waals surface area (Å²) in [5.74, 6) is 0.580. The standard InChI is InChI=1S/C12H19NO3S/c1-4-12(2,5-6-14)13-11(15)10-7-9(16-3)8-17-10/h7-8,14H,4-6H2,1-3H3,(H,13,15). The number of aliphatic hydroxyl groups excluding tert-OH is 1. The minimum atomic E-state index is -0.358. The highest BCUT2D eigenvalue weighted by Gasteiger charge is 2.24. The lowest BCUT2D eigenvalue weighted by molar-refractivity contribution is 0.0890. The summed E-state index contributed by atoms with van der Waals surface area (Å²) in [4.78, 5) is 12.6. The van der Waals surface area contributed by atoms with Crippen molar-refractivity contribution in [2.75, 3.05) is 13.7 Å². The molecule has 17 heavy (non-hydrogen) atoms. The van der Waals surface area contributed by atoms with Gasteiger partial charge in [-0.1, -0.05) is 6.92 Å². The van der Waals surface area contributed by atoms with Gasteiger partial charge in [-0.15, -0.1) is 11.3 Å². The summed E-state index contributed by atoms with van der Waals surface area (Å²) in [6, 6.07) is 1.72. The van der Waals surface area contributed by atoms with Crippen LogP contribution in [0.2, 0.25) is 0 Å². The molecule has 0 saturated carbocycles. The largest absolute Gasteiger partial charge is 0.496 e. The van der Waals surface area contributed by atoms with Gasteiger partial charge >= 0.3 is 0 Å². The number of hydrogen-bond donors (Lipinski definition) is 2. The van der Waals surface area contributed by atoms with Crippen LogP contribution >= 0.6 is 11.3 Å². The Morgan fingerprint density at radius 3 is 2.82 bits per heavy atom. The minimum absolute atomic E-state index is 0.0678. The second-order valence-electron chi connectivity index (χ2n) is 4.19. The average molecular weight is 257 g/mol. The third-order valence-corrected chi connectivity index (χ3v) is 3.80. The highest BCUT2D eigenvalue weighted by Crippen LogP contribution is 2.22. The van der Waals surface area contributed by atoms with E-state index in [0.29, 0.717) is 17.0 Å². The van der Waals surface area contributed by atoms with Crippen molar-refractivity contribution >= 4 is 17.2 Å². The van der Waals surface area contributed by atoms with E-state index in [0.717, 1.165) is 6.42 Å². The van der Waals surface area contributed by atoms with Gasteiger partial charge in [0.15, 0.2) is 0 Å². The van der Waals surface area contributed by atoms with Crippen molar-refractivity contribution < 1.29 is 14.6 Å². The van der Waals surface area contributed by atoms with Crippen molar-refractivity contribution in [1.29, 1.82) is 0 Å². The number of aliphatic hydroxyl groups is 1. The van der Waals surface area contributed by atoms with Gasteiger partial charge in [-0.2, -0.15) is 0 Å². The summed E-state index contributed by atoms with van der Waals surface area (Å²) in [5, 5.41) is 13.7. The van der Waals surface area contributed by atoms with E-state index in [1.165, 1.54) is 11.3 Å². The second kappa shape index (κ2) is 6.02. The van der Waals surface area contributed by atoms with Crippen LogP contribution in [0.3, 0.4) is 0 Å². The number of rotatable bonds is 6. The molecule has 1 aromatic rings. The number of carbonyl (C=O) groups is 1. The van der Waals surface area contributed by atoms with Gasteiger partial charge in [-0.25, -0.2) is 0 Å².